The summed E-state index contributed by atoms with van der Waals surface area (Å²) in [5, 5.41) is 0. The molecular formula is C17H20BrNO4S2. The van der Waals surface area contributed by atoms with Crippen molar-refractivity contribution in [2.24, 2.45) is 0 Å². The van der Waals surface area contributed by atoms with Crippen molar-refractivity contribution in [3.05, 3.63) is 51.5 Å². The third-order valence-corrected chi connectivity index (χ3v) is 8.00. The number of halogens is 1. The Bertz CT molecular complexity index is 1040. The van der Waals surface area contributed by atoms with E-state index < -0.39 is 19.9 Å². The molecule has 0 spiro atoms. The van der Waals surface area contributed by atoms with Crippen LogP contribution in [0.2, 0.25) is 0 Å². The molecule has 0 saturated carbocycles. The van der Waals surface area contributed by atoms with Gasteiger partial charge in [-0.05, 0) is 61.7 Å². The number of hydrogen-bond acceptors (Lipinski definition) is 4. The molecule has 0 N–H and O–H groups in total. The van der Waals surface area contributed by atoms with Gasteiger partial charge in [-0.15, -0.1) is 0 Å². The predicted molar refractivity (Wildman–Crippen MR) is 103 cm³/mol. The minimum absolute atomic E-state index is 0.00729. The highest BCUT2D eigenvalue weighted by atomic mass is 79.9. The molecule has 0 aromatic heterocycles. The largest absolute Gasteiger partial charge is 0.269 e. The van der Waals surface area contributed by atoms with E-state index >= 15 is 0 Å². The molecule has 0 amide bonds. The fourth-order valence-corrected chi connectivity index (χ4v) is 5.53. The molecule has 2 aromatic carbocycles. The molecular weight excluding hydrogens is 426 g/mol. The third-order valence-electron chi connectivity index (χ3n) is 4.01. The maximum absolute atomic E-state index is 13.1. The molecule has 2 aromatic rings. The van der Waals surface area contributed by atoms with Crippen LogP contribution in [0.3, 0.4) is 0 Å². The second-order valence-electron chi connectivity index (χ2n) is 6.06. The average molecular weight is 446 g/mol. The molecule has 0 radical (unpaired) electrons. The van der Waals surface area contributed by atoms with E-state index in [-0.39, 0.29) is 15.4 Å². The van der Waals surface area contributed by atoms with Crippen LogP contribution in [0.15, 0.2) is 44.6 Å². The van der Waals surface area contributed by atoms with Gasteiger partial charge in [0.2, 0.25) is 0 Å². The summed E-state index contributed by atoms with van der Waals surface area (Å²) in [6.07, 6.45) is 1.08. The van der Waals surface area contributed by atoms with Crippen molar-refractivity contribution in [3.63, 3.8) is 0 Å². The Morgan fingerprint density at radius 2 is 1.48 bits per heavy atom. The molecule has 25 heavy (non-hydrogen) atoms. The van der Waals surface area contributed by atoms with E-state index in [1.165, 1.54) is 26.1 Å². The quantitative estimate of drug-likeness (QED) is 0.720. The highest BCUT2D eigenvalue weighted by Gasteiger charge is 2.27. The second-order valence-corrected chi connectivity index (χ2v) is 10.8. The summed E-state index contributed by atoms with van der Waals surface area (Å²) in [4.78, 5) is 0.0247. The summed E-state index contributed by atoms with van der Waals surface area (Å²) in [6, 6.07) is 8.23. The van der Waals surface area contributed by atoms with Gasteiger partial charge in [0.05, 0.1) is 15.5 Å². The number of benzene rings is 2. The SMILES string of the molecule is Cc1cc(S(C)(=O)=O)c(C)c(S(=O)(=O)N(C)c2ccc(C)c(Br)c2)c1. The van der Waals surface area contributed by atoms with Crippen molar-refractivity contribution >= 4 is 41.5 Å². The van der Waals surface area contributed by atoms with Gasteiger partial charge in [0, 0.05) is 17.8 Å². The van der Waals surface area contributed by atoms with Gasteiger partial charge in [-0.3, -0.25) is 4.31 Å². The lowest BCUT2D eigenvalue weighted by atomic mass is 10.2. The lowest BCUT2D eigenvalue weighted by Crippen LogP contribution is -2.27. The third kappa shape index (κ3) is 3.91. The first-order chi connectivity index (χ1) is 11.4. The number of hydrogen-bond donors (Lipinski definition) is 0. The molecule has 0 bridgehead atoms. The Labute approximate surface area is 157 Å². The van der Waals surface area contributed by atoms with Crippen LogP contribution in [0.4, 0.5) is 5.69 Å². The molecule has 8 heteroatoms. The van der Waals surface area contributed by atoms with Crippen LogP contribution in [0.5, 0.6) is 0 Å². The molecule has 0 unspecified atom stereocenters. The van der Waals surface area contributed by atoms with E-state index in [1.54, 1.807) is 19.1 Å². The van der Waals surface area contributed by atoms with E-state index in [0.29, 0.717) is 11.3 Å². The van der Waals surface area contributed by atoms with Crippen LogP contribution < -0.4 is 4.31 Å². The maximum atomic E-state index is 13.1. The number of nitrogens with zero attached hydrogens (tertiary/aromatic N) is 1. The fraction of sp³-hybridized carbons (Fsp3) is 0.294. The summed E-state index contributed by atoms with van der Waals surface area (Å²) < 4.78 is 52.1. The van der Waals surface area contributed by atoms with Gasteiger partial charge in [0.15, 0.2) is 9.84 Å². The van der Waals surface area contributed by atoms with Gasteiger partial charge in [0.25, 0.3) is 10.0 Å². The smallest absolute Gasteiger partial charge is 0.264 e. The first-order valence-corrected chi connectivity index (χ1v) is 11.5. The standard InChI is InChI=1S/C17H20BrNO4S2/c1-11-8-16(24(5,20)21)13(3)17(9-11)25(22,23)19(4)14-7-6-12(2)15(18)10-14/h6-10H,1-5H3. The molecule has 136 valence electrons. The van der Waals surface area contributed by atoms with Crippen LogP contribution in [0, 0.1) is 20.8 Å². The Balaban J connectivity index is 2.67. The van der Waals surface area contributed by atoms with Crippen LogP contribution in [0.1, 0.15) is 16.7 Å². The van der Waals surface area contributed by atoms with Crippen LogP contribution >= 0.6 is 15.9 Å². The zero-order valence-corrected chi connectivity index (χ0v) is 17.9. The summed E-state index contributed by atoms with van der Waals surface area (Å²) >= 11 is 3.40. The maximum Gasteiger partial charge on any atom is 0.264 e. The van der Waals surface area contributed by atoms with E-state index in [0.717, 1.165) is 20.6 Å². The van der Waals surface area contributed by atoms with Gasteiger partial charge in [-0.25, -0.2) is 16.8 Å². The Morgan fingerprint density at radius 1 is 0.920 bits per heavy atom. The van der Waals surface area contributed by atoms with E-state index in [1.807, 2.05) is 13.0 Å². The molecule has 0 aliphatic heterocycles. The number of sulfonamides is 1. The molecule has 0 heterocycles. The predicted octanol–water partition coefficient (Wildman–Crippen LogP) is 3.60. The lowest BCUT2D eigenvalue weighted by molar-refractivity contribution is 0.592. The van der Waals surface area contributed by atoms with Gasteiger partial charge in [0.1, 0.15) is 0 Å². The van der Waals surface area contributed by atoms with Crippen molar-refractivity contribution < 1.29 is 16.8 Å². The molecule has 0 aliphatic rings. The van der Waals surface area contributed by atoms with Crippen molar-refractivity contribution in [2.75, 3.05) is 17.6 Å². The summed E-state index contributed by atoms with van der Waals surface area (Å²) in [6.45, 7) is 5.10. The van der Waals surface area contributed by atoms with Gasteiger partial charge in [-0.1, -0.05) is 22.0 Å². The van der Waals surface area contributed by atoms with Crippen LogP contribution in [-0.4, -0.2) is 30.1 Å². The first-order valence-electron chi connectivity index (χ1n) is 7.42. The number of rotatable bonds is 4. The van der Waals surface area contributed by atoms with Gasteiger partial charge in [-0.2, -0.15) is 0 Å². The number of sulfone groups is 1. The van der Waals surface area contributed by atoms with E-state index in [9.17, 15) is 16.8 Å². The monoisotopic (exact) mass is 445 g/mol. The van der Waals surface area contributed by atoms with E-state index in [2.05, 4.69) is 15.9 Å². The van der Waals surface area contributed by atoms with Crippen molar-refractivity contribution in [1.29, 1.82) is 0 Å². The zero-order valence-electron chi connectivity index (χ0n) is 14.7. The lowest BCUT2D eigenvalue weighted by Gasteiger charge is -2.22. The van der Waals surface area contributed by atoms with Crippen molar-refractivity contribution in [3.8, 4) is 0 Å². The average Bonchev–Trinajstić information content (AvgIpc) is 2.50. The Kier molecular flexibility index (Phi) is 5.37. The molecule has 0 aliphatic carbocycles. The van der Waals surface area contributed by atoms with Crippen molar-refractivity contribution in [1.82, 2.24) is 0 Å². The topological polar surface area (TPSA) is 71.5 Å². The fourth-order valence-electron chi connectivity index (χ4n) is 2.51. The summed E-state index contributed by atoms with van der Waals surface area (Å²) in [5.41, 5.74) is 2.27. The molecule has 0 saturated heterocycles. The van der Waals surface area contributed by atoms with Gasteiger partial charge < -0.3 is 0 Å². The highest BCUT2D eigenvalue weighted by molar-refractivity contribution is 9.10. The van der Waals surface area contributed by atoms with Crippen LogP contribution in [-0.2, 0) is 19.9 Å². The molecule has 2 rings (SSSR count). The van der Waals surface area contributed by atoms with Crippen LogP contribution in [0.25, 0.3) is 0 Å². The highest BCUT2D eigenvalue weighted by Crippen LogP contribution is 2.31. The molecule has 5 nitrogen and oxygen atoms in total. The Hall–Kier alpha value is -1.38. The van der Waals surface area contributed by atoms with E-state index in [4.69, 9.17) is 0 Å². The zero-order chi connectivity index (χ0) is 19.2. The first kappa shape index (κ1) is 19.9. The Morgan fingerprint density at radius 3 is 2.00 bits per heavy atom. The van der Waals surface area contributed by atoms with Crippen molar-refractivity contribution in [2.45, 2.75) is 30.6 Å². The van der Waals surface area contributed by atoms with Gasteiger partial charge >= 0.3 is 0 Å². The molecule has 0 fully saturated rings. The number of aryl methyl sites for hydroxylation is 2. The molecule has 0 atom stereocenters. The second kappa shape index (κ2) is 6.74. The minimum Gasteiger partial charge on any atom is -0.269 e. The summed E-state index contributed by atoms with van der Waals surface area (Å²) in [5.74, 6) is 0. The number of anilines is 1. The normalized spacial score (nSPS) is 12.2. The summed E-state index contributed by atoms with van der Waals surface area (Å²) in [7, 11) is -5.99. The minimum atomic E-state index is -3.91.